The molecule has 2 atom stereocenters. The van der Waals surface area contributed by atoms with Crippen LogP contribution in [0.1, 0.15) is 59.6 Å². The summed E-state index contributed by atoms with van der Waals surface area (Å²) in [5.74, 6) is 0.373. The van der Waals surface area contributed by atoms with Gasteiger partial charge in [-0.1, -0.05) is 18.6 Å². The first-order valence-corrected chi connectivity index (χ1v) is 8.32. The monoisotopic (exact) mass is 330 g/mol. The molecule has 1 saturated heterocycles. The van der Waals surface area contributed by atoms with Crippen LogP contribution in [0.5, 0.6) is 0 Å². The maximum atomic E-state index is 13.1. The number of β-amino-alcohol motifs (C(OH)–C–C–N with tert-alkyl or cyclic N) is 1. The lowest BCUT2D eigenvalue weighted by Gasteiger charge is -2.24. The largest absolute Gasteiger partial charge is 0.448 e. The highest BCUT2D eigenvalue weighted by molar-refractivity contribution is 5.92. The highest BCUT2D eigenvalue weighted by Crippen LogP contribution is 2.37. The average Bonchev–Trinajstić information content (AvgIpc) is 3.13. The smallest absolute Gasteiger partial charge is 0.276 e. The van der Waals surface area contributed by atoms with Gasteiger partial charge in [0.2, 0.25) is 0 Å². The molecule has 2 heterocycles. The first kappa shape index (κ1) is 15.3. The molecule has 1 N–H and O–H groups in total. The van der Waals surface area contributed by atoms with Crippen molar-refractivity contribution in [3.63, 3.8) is 0 Å². The molecule has 1 saturated carbocycles. The molecule has 1 aromatic carbocycles. The lowest BCUT2D eigenvalue weighted by Crippen LogP contribution is -2.32. The van der Waals surface area contributed by atoms with Crippen LogP contribution in [0.4, 0.5) is 4.39 Å². The minimum Gasteiger partial charge on any atom is -0.448 e. The predicted molar refractivity (Wildman–Crippen MR) is 83.9 cm³/mol. The third-order valence-corrected chi connectivity index (χ3v) is 4.99. The maximum Gasteiger partial charge on any atom is 0.276 e. The molecule has 1 aliphatic carbocycles. The molecule has 5 nitrogen and oxygen atoms in total. The van der Waals surface area contributed by atoms with Gasteiger partial charge in [-0.3, -0.25) is 4.79 Å². The Morgan fingerprint density at radius 3 is 2.71 bits per heavy atom. The first-order chi connectivity index (χ1) is 11.6. The van der Waals surface area contributed by atoms with Crippen LogP contribution in [0.2, 0.25) is 0 Å². The van der Waals surface area contributed by atoms with Crippen LogP contribution < -0.4 is 0 Å². The number of carbonyl (C=O) groups excluding carboxylic acids is 1. The van der Waals surface area contributed by atoms with E-state index in [2.05, 4.69) is 4.98 Å². The van der Waals surface area contributed by atoms with Gasteiger partial charge in [0, 0.05) is 12.5 Å². The van der Waals surface area contributed by atoms with Crippen molar-refractivity contribution in [1.82, 2.24) is 9.88 Å². The highest BCUT2D eigenvalue weighted by atomic mass is 19.1. The summed E-state index contributed by atoms with van der Waals surface area (Å²) in [4.78, 5) is 18.7. The average molecular weight is 330 g/mol. The molecule has 1 aliphatic heterocycles. The second kappa shape index (κ2) is 6.02. The van der Waals surface area contributed by atoms with E-state index in [1.54, 1.807) is 17.0 Å². The number of likely N-dealkylation sites (tertiary alicyclic amines) is 1. The summed E-state index contributed by atoms with van der Waals surface area (Å²) in [6.07, 6.45) is 4.51. The Morgan fingerprint density at radius 1 is 1.29 bits per heavy atom. The van der Waals surface area contributed by atoms with Gasteiger partial charge in [0.15, 0.2) is 11.6 Å². The van der Waals surface area contributed by atoms with Gasteiger partial charge >= 0.3 is 0 Å². The zero-order valence-electron chi connectivity index (χ0n) is 13.2. The molecular weight excluding hydrogens is 311 g/mol. The number of aliphatic hydroxyl groups excluding tert-OH is 1. The van der Waals surface area contributed by atoms with E-state index in [4.69, 9.17) is 4.42 Å². The minimum absolute atomic E-state index is 0.243. The van der Waals surface area contributed by atoms with E-state index >= 15 is 0 Å². The van der Waals surface area contributed by atoms with Crippen molar-refractivity contribution in [1.29, 1.82) is 0 Å². The number of aromatic nitrogens is 1. The van der Waals surface area contributed by atoms with Crippen molar-refractivity contribution < 1.29 is 18.7 Å². The summed E-state index contributed by atoms with van der Waals surface area (Å²) in [6.45, 7) is 0.243. The van der Waals surface area contributed by atoms with E-state index in [-0.39, 0.29) is 30.0 Å². The third kappa shape index (κ3) is 2.71. The molecular formula is C18H19FN2O3. The zero-order chi connectivity index (χ0) is 16.7. The molecule has 0 bridgehead atoms. The van der Waals surface area contributed by atoms with Crippen LogP contribution >= 0.6 is 0 Å². The van der Waals surface area contributed by atoms with Crippen LogP contribution in [0, 0.1) is 5.82 Å². The van der Waals surface area contributed by atoms with E-state index in [1.165, 1.54) is 24.8 Å². The second-order valence-electron chi connectivity index (χ2n) is 6.61. The van der Waals surface area contributed by atoms with Gasteiger partial charge in [-0.05, 0) is 37.0 Å². The zero-order valence-corrected chi connectivity index (χ0v) is 13.2. The Morgan fingerprint density at radius 2 is 2.04 bits per heavy atom. The minimum atomic E-state index is -0.595. The molecule has 1 amide bonds. The highest BCUT2D eigenvalue weighted by Gasteiger charge is 2.37. The number of nitrogens with zero attached hydrogens (tertiary/aromatic N) is 2. The Bertz CT molecular complexity index is 739. The van der Waals surface area contributed by atoms with Crippen molar-refractivity contribution in [3.8, 4) is 0 Å². The number of benzene rings is 1. The number of amides is 1. The van der Waals surface area contributed by atoms with E-state index in [0.29, 0.717) is 18.2 Å². The normalized spacial score (nSPS) is 24.2. The van der Waals surface area contributed by atoms with E-state index in [9.17, 15) is 14.3 Å². The number of halogens is 1. The Labute approximate surface area is 139 Å². The summed E-state index contributed by atoms with van der Waals surface area (Å²) in [7, 11) is 0. The van der Waals surface area contributed by atoms with Crippen LogP contribution in [0.15, 0.2) is 34.9 Å². The Kier molecular flexibility index (Phi) is 3.84. The molecule has 4 rings (SSSR count). The molecule has 2 aliphatic rings. The molecule has 1 aromatic heterocycles. The Balaban J connectivity index is 1.57. The van der Waals surface area contributed by atoms with Crippen molar-refractivity contribution in [2.75, 3.05) is 6.54 Å². The number of hydrogen-bond acceptors (Lipinski definition) is 4. The fraction of sp³-hybridized carbons (Fsp3) is 0.444. The summed E-state index contributed by atoms with van der Waals surface area (Å²) in [5, 5.41) is 10.0. The van der Waals surface area contributed by atoms with Gasteiger partial charge in [-0.25, -0.2) is 9.37 Å². The van der Waals surface area contributed by atoms with Crippen molar-refractivity contribution in [2.24, 2.45) is 0 Å². The van der Waals surface area contributed by atoms with Crippen LogP contribution in [-0.2, 0) is 0 Å². The Hall–Kier alpha value is -2.21. The van der Waals surface area contributed by atoms with Crippen molar-refractivity contribution in [3.05, 3.63) is 53.5 Å². The third-order valence-electron chi connectivity index (χ3n) is 4.99. The summed E-state index contributed by atoms with van der Waals surface area (Å²) in [6, 6.07) is 5.76. The van der Waals surface area contributed by atoms with Crippen molar-refractivity contribution in [2.45, 2.75) is 43.7 Å². The standard InChI is InChI=1S/C18H19FN2O3/c19-13-6-4-11(5-7-13)16-8-14(22)9-21(16)18(23)15-10-24-17(20-15)12-2-1-3-12/h4-7,10,12,14,16,22H,1-3,8-9H2/t14-,16+/m1/s1. The maximum absolute atomic E-state index is 13.1. The molecule has 0 radical (unpaired) electrons. The second-order valence-corrected chi connectivity index (χ2v) is 6.61. The van der Waals surface area contributed by atoms with E-state index in [1.807, 2.05) is 0 Å². The lowest BCUT2D eigenvalue weighted by atomic mass is 9.85. The van der Waals surface area contributed by atoms with E-state index in [0.717, 1.165) is 18.4 Å². The van der Waals surface area contributed by atoms with Gasteiger partial charge in [-0.15, -0.1) is 0 Å². The molecule has 2 fully saturated rings. The number of carbonyl (C=O) groups is 1. The molecule has 0 spiro atoms. The van der Waals surface area contributed by atoms with Gasteiger partial charge in [0.1, 0.15) is 12.1 Å². The fourth-order valence-electron chi connectivity index (χ4n) is 3.41. The van der Waals surface area contributed by atoms with Gasteiger partial charge < -0.3 is 14.4 Å². The van der Waals surface area contributed by atoms with Crippen LogP contribution in [0.25, 0.3) is 0 Å². The SMILES string of the molecule is O=C(c1coc(C2CCC2)n1)N1C[C@H](O)C[C@H]1c1ccc(F)cc1. The van der Waals surface area contributed by atoms with Crippen molar-refractivity contribution >= 4 is 5.91 Å². The van der Waals surface area contributed by atoms with Crippen LogP contribution in [-0.4, -0.2) is 33.5 Å². The summed E-state index contributed by atoms with van der Waals surface area (Å²) < 4.78 is 18.6. The van der Waals surface area contributed by atoms with Gasteiger partial charge in [-0.2, -0.15) is 0 Å². The predicted octanol–water partition coefficient (Wildman–Crippen LogP) is 3.03. The first-order valence-electron chi connectivity index (χ1n) is 8.32. The number of aliphatic hydroxyl groups is 1. The number of oxazole rings is 1. The molecule has 0 unspecified atom stereocenters. The van der Waals surface area contributed by atoms with Crippen LogP contribution in [0.3, 0.4) is 0 Å². The summed E-state index contributed by atoms with van der Waals surface area (Å²) in [5.41, 5.74) is 1.09. The quantitative estimate of drug-likeness (QED) is 0.939. The topological polar surface area (TPSA) is 66.6 Å². The molecule has 2 aromatic rings. The lowest BCUT2D eigenvalue weighted by molar-refractivity contribution is 0.0709. The number of hydrogen-bond donors (Lipinski definition) is 1. The fourth-order valence-corrected chi connectivity index (χ4v) is 3.41. The van der Waals surface area contributed by atoms with E-state index < -0.39 is 6.10 Å². The van der Waals surface area contributed by atoms with Gasteiger partial charge in [0.25, 0.3) is 5.91 Å². The molecule has 24 heavy (non-hydrogen) atoms. The summed E-state index contributed by atoms with van der Waals surface area (Å²) >= 11 is 0. The molecule has 126 valence electrons. The number of rotatable bonds is 3. The van der Waals surface area contributed by atoms with Gasteiger partial charge in [0.05, 0.1) is 12.1 Å². The molecule has 6 heteroatoms.